The van der Waals surface area contributed by atoms with Crippen LogP contribution >= 0.6 is 15.9 Å². The molecule has 0 radical (unpaired) electrons. The first-order valence-corrected chi connectivity index (χ1v) is 8.33. The number of aryl methyl sites for hydroxylation is 1. The van der Waals surface area contributed by atoms with Crippen molar-refractivity contribution in [3.8, 4) is 0 Å². The molecule has 2 aromatic rings. The maximum absolute atomic E-state index is 11.5. The van der Waals surface area contributed by atoms with Crippen molar-refractivity contribution in [1.29, 1.82) is 0 Å². The number of sulfone groups is 1. The van der Waals surface area contributed by atoms with Crippen molar-refractivity contribution in [3.63, 3.8) is 0 Å². The summed E-state index contributed by atoms with van der Waals surface area (Å²) in [5, 5.41) is 3.18. The molecule has 0 bridgehead atoms. The highest BCUT2D eigenvalue weighted by Gasteiger charge is 2.10. The van der Waals surface area contributed by atoms with Gasteiger partial charge >= 0.3 is 0 Å². The summed E-state index contributed by atoms with van der Waals surface area (Å²) in [6.07, 6.45) is 2.80. The number of anilines is 1. The molecular formula is C13H14BrNO3S. The summed E-state index contributed by atoms with van der Waals surface area (Å²) in [4.78, 5) is 0.305. The van der Waals surface area contributed by atoms with E-state index < -0.39 is 9.84 Å². The van der Waals surface area contributed by atoms with E-state index in [1.165, 1.54) is 6.26 Å². The van der Waals surface area contributed by atoms with E-state index in [2.05, 4.69) is 21.2 Å². The highest BCUT2D eigenvalue weighted by atomic mass is 79.9. The Hall–Kier alpha value is -1.27. The Morgan fingerprint density at radius 2 is 2.05 bits per heavy atom. The van der Waals surface area contributed by atoms with Gasteiger partial charge in [0.05, 0.1) is 22.2 Å². The summed E-state index contributed by atoms with van der Waals surface area (Å²) < 4.78 is 29.2. The maximum atomic E-state index is 11.5. The van der Waals surface area contributed by atoms with Crippen LogP contribution in [0.2, 0.25) is 0 Å². The van der Waals surface area contributed by atoms with Crippen molar-refractivity contribution >= 4 is 31.5 Å². The number of halogens is 1. The molecule has 102 valence electrons. The Bertz CT molecular complexity index is 692. The van der Waals surface area contributed by atoms with Gasteiger partial charge in [-0.15, -0.1) is 0 Å². The monoisotopic (exact) mass is 343 g/mol. The average molecular weight is 344 g/mol. The summed E-state index contributed by atoms with van der Waals surface area (Å²) >= 11 is 3.37. The minimum Gasteiger partial charge on any atom is -0.466 e. The number of benzene rings is 1. The number of furan rings is 1. The van der Waals surface area contributed by atoms with Gasteiger partial charge in [-0.05, 0) is 46.6 Å². The first-order valence-electron chi connectivity index (χ1n) is 5.64. The maximum Gasteiger partial charge on any atom is 0.175 e. The zero-order valence-corrected chi connectivity index (χ0v) is 13.0. The lowest BCUT2D eigenvalue weighted by Crippen LogP contribution is -2.03. The van der Waals surface area contributed by atoms with Crippen LogP contribution in [0.1, 0.15) is 11.3 Å². The fraction of sp³-hybridized carbons (Fsp3) is 0.231. The van der Waals surface area contributed by atoms with Crippen molar-refractivity contribution in [2.45, 2.75) is 18.4 Å². The van der Waals surface area contributed by atoms with Gasteiger partial charge in [-0.25, -0.2) is 8.42 Å². The Labute approximate surface area is 120 Å². The first kappa shape index (κ1) is 14.1. The van der Waals surface area contributed by atoms with E-state index in [1.54, 1.807) is 24.5 Å². The predicted octanol–water partition coefficient (Wildman–Crippen LogP) is 3.37. The van der Waals surface area contributed by atoms with Crippen molar-refractivity contribution in [3.05, 3.63) is 46.3 Å². The van der Waals surface area contributed by atoms with Crippen LogP contribution in [0.5, 0.6) is 0 Å². The fourth-order valence-electron chi connectivity index (χ4n) is 1.65. The molecule has 19 heavy (non-hydrogen) atoms. The van der Waals surface area contributed by atoms with E-state index in [4.69, 9.17) is 4.42 Å². The smallest absolute Gasteiger partial charge is 0.175 e. The molecule has 1 aromatic carbocycles. The van der Waals surface area contributed by atoms with Gasteiger partial charge in [0.25, 0.3) is 0 Å². The third-order valence-electron chi connectivity index (χ3n) is 2.77. The molecule has 0 aliphatic rings. The van der Waals surface area contributed by atoms with Crippen LogP contribution in [0.15, 0.2) is 44.3 Å². The van der Waals surface area contributed by atoms with Crippen molar-refractivity contribution in [2.75, 3.05) is 11.6 Å². The van der Waals surface area contributed by atoms with Gasteiger partial charge < -0.3 is 9.73 Å². The average Bonchev–Trinajstić information content (AvgIpc) is 2.72. The lowest BCUT2D eigenvalue weighted by atomic mass is 10.2. The molecule has 0 aliphatic carbocycles. The van der Waals surface area contributed by atoms with Crippen LogP contribution < -0.4 is 5.32 Å². The van der Waals surface area contributed by atoms with Gasteiger partial charge in [0.15, 0.2) is 9.84 Å². The lowest BCUT2D eigenvalue weighted by Gasteiger charge is -2.10. The topological polar surface area (TPSA) is 59.3 Å². The Kier molecular flexibility index (Phi) is 4.01. The summed E-state index contributed by atoms with van der Waals surface area (Å²) in [6.45, 7) is 2.41. The third kappa shape index (κ3) is 3.39. The molecule has 1 aromatic heterocycles. The van der Waals surface area contributed by atoms with Crippen molar-refractivity contribution < 1.29 is 12.8 Å². The van der Waals surface area contributed by atoms with E-state index in [0.717, 1.165) is 21.5 Å². The zero-order valence-electron chi connectivity index (χ0n) is 10.6. The Morgan fingerprint density at radius 3 is 2.63 bits per heavy atom. The fourth-order valence-corrected chi connectivity index (χ4v) is 2.64. The van der Waals surface area contributed by atoms with Gasteiger partial charge in [-0.2, -0.15) is 0 Å². The van der Waals surface area contributed by atoms with E-state index in [0.29, 0.717) is 11.4 Å². The van der Waals surface area contributed by atoms with Gasteiger partial charge in [-0.3, -0.25) is 0 Å². The standard InChI is InChI=1S/C13H14BrNO3S/c1-9-3-4-10(19(2,16)17)7-12(9)15-8-13-11(14)5-6-18-13/h3-7,15H,8H2,1-2H3. The molecule has 0 saturated heterocycles. The molecular weight excluding hydrogens is 330 g/mol. The van der Waals surface area contributed by atoms with Gasteiger partial charge in [-0.1, -0.05) is 6.07 Å². The highest BCUT2D eigenvalue weighted by molar-refractivity contribution is 9.10. The second-order valence-corrected chi connectivity index (χ2v) is 7.16. The van der Waals surface area contributed by atoms with Crippen LogP contribution in [0.3, 0.4) is 0 Å². The molecule has 1 heterocycles. The zero-order chi connectivity index (χ0) is 14.0. The van der Waals surface area contributed by atoms with E-state index in [1.807, 2.05) is 13.0 Å². The molecule has 0 fully saturated rings. The molecule has 6 heteroatoms. The highest BCUT2D eigenvalue weighted by Crippen LogP contribution is 2.23. The van der Waals surface area contributed by atoms with Crippen LogP contribution in [-0.4, -0.2) is 14.7 Å². The van der Waals surface area contributed by atoms with E-state index >= 15 is 0 Å². The molecule has 0 saturated carbocycles. The first-order chi connectivity index (χ1) is 8.88. The Balaban J connectivity index is 2.23. The summed E-state index contributed by atoms with van der Waals surface area (Å²) in [6, 6.07) is 6.85. The van der Waals surface area contributed by atoms with E-state index in [9.17, 15) is 8.42 Å². The minimum atomic E-state index is -3.20. The summed E-state index contributed by atoms with van der Waals surface area (Å²) in [5.41, 5.74) is 1.77. The Morgan fingerprint density at radius 1 is 1.32 bits per heavy atom. The molecule has 0 spiro atoms. The third-order valence-corrected chi connectivity index (χ3v) is 4.58. The lowest BCUT2D eigenvalue weighted by molar-refractivity contribution is 0.516. The molecule has 0 unspecified atom stereocenters. The largest absolute Gasteiger partial charge is 0.466 e. The molecule has 1 N–H and O–H groups in total. The quantitative estimate of drug-likeness (QED) is 0.924. The second-order valence-electron chi connectivity index (χ2n) is 4.29. The second kappa shape index (κ2) is 5.38. The van der Waals surface area contributed by atoms with Crippen LogP contribution in [0, 0.1) is 6.92 Å². The van der Waals surface area contributed by atoms with Gasteiger partial charge in [0.2, 0.25) is 0 Å². The van der Waals surface area contributed by atoms with Crippen molar-refractivity contribution in [1.82, 2.24) is 0 Å². The van der Waals surface area contributed by atoms with Gasteiger partial charge in [0, 0.05) is 11.9 Å². The predicted molar refractivity (Wildman–Crippen MR) is 78.0 cm³/mol. The molecule has 0 amide bonds. The van der Waals surface area contributed by atoms with Gasteiger partial charge in [0.1, 0.15) is 5.76 Å². The number of hydrogen-bond donors (Lipinski definition) is 1. The SMILES string of the molecule is Cc1ccc(S(C)(=O)=O)cc1NCc1occc1Br. The number of rotatable bonds is 4. The van der Waals surface area contributed by atoms with Crippen molar-refractivity contribution in [2.24, 2.45) is 0 Å². The number of nitrogens with one attached hydrogen (secondary N) is 1. The summed E-state index contributed by atoms with van der Waals surface area (Å²) in [7, 11) is -3.20. The number of hydrogen-bond acceptors (Lipinski definition) is 4. The minimum absolute atomic E-state index is 0.305. The summed E-state index contributed by atoms with van der Waals surface area (Å²) in [5.74, 6) is 0.768. The normalized spacial score (nSPS) is 11.5. The van der Waals surface area contributed by atoms with Crippen LogP contribution in [-0.2, 0) is 16.4 Å². The molecule has 0 aliphatic heterocycles. The van der Waals surface area contributed by atoms with E-state index in [-0.39, 0.29) is 0 Å². The molecule has 4 nitrogen and oxygen atoms in total. The van der Waals surface area contributed by atoms with Crippen LogP contribution in [0.25, 0.3) is 0 Å². The molecule has 0 atom stereocenters. The molecule has 2 rings (SSSR count). The van der Waals surface area contributed by atoms with Crippen LogP contribution in [0.4, 0.5) is 5.69 Å².